The molecule has 1 amide bonds. The molecule has 1 fully saturated rings. The monoisotopic (exact) mass is 389 g/mol. The highest BCUT2D eigenvalue weighted by Gasteiger charge is 2.17. The highest BCUT2D eigenvalue weighted by Crippen LogP contribution is 2.29. The van der Waals surface area contributed by atoms with Gasteiger partial charge in [-0.3, -0.25) is 4.79 Å². The number of rotatable bonds is 8. The van der Waals surface area contributed by atoms with Gasteiger partial charge < -0.3 is 19.5 Å². The molecule has 1 saturated heterocycles. The van der Waals surface area contributed by atoms with Crippen molar-refractivity contribution >= 4 is 17.2 Å². The summed E-state index contributed by atoms with van der Waals surface area (Å²) in [7, 11) is 1.62. The maximum atomic E-state index is 12.4. The number of methoxy groups -OCH3 is 1. The second-order valence-corrected chi connectivity index (χ2v) is 7.82. The van der Waals surface area contributed by atoms with Crippen molar-refractivity contribution in [3.63, 3.8) is 0 Å². The number of nitrogens with one attached hydrogen (secondary N) is 1. The fourth-order valence-electron chi connectivity index (χ4n) is 3.15. The molecule has 3 rings (SSSR count). The van der Waals surface area contributed by atoms with Crippen LogP contribution in [0.15, 0.2) is 24.3 Å². The second-order valence-electron chi connectivity index (χ2n) is 6.68. The van der Waals surface area contributed by atoms with Crippen molar-refractivity contribution in [2.24, 2.45) is 0 Å². The summed E-state index contributed by atoms with van der Waals surface area (Å²) in [5.74, 6) is 1.32. The standard InChI is InChI=1S/C21H27NO4S/c1-4-19-14(2)10-20(27-19)21(23)22-12-15-7-8-17(18(11-15)24-3)26-13-16-6-5-9-25-16/h7-8,10-11,16H,4-6,9,12-13H2,1-3H3,(H,22,23)/t16-/m1/s1. The quantitative estimate of drug-likeness (QED) is 0.738. The van der Waals surface area contributed by atoms with Gasteiger partial charge in [-0.15, -0.1) is 11.3 Å². The van der Waals surface area contributed by atoms with Crippen LogP contribution in [0.1, 0.15) is 45.4 Å². The van der Waals surface area contributed by atoms with E-state index in [0.29, 0.717) is 24.7 Å². The van der Waals surface area contributed by atoms with Crippen molar-refractivity contribution in [1.82, 2.24) is 5.32 Å². The molecule has 1 atom stereocenters. The second kappa shape index (κ2) is 9.24. The van der Waals surface area contributed by atoms with Gasteiger partial charge in [-0.1, -0.05) is 13.0 Å². The van der Waals surface area contributed by atoms with E-state index in [4.69, 9.17) is 14.2 Å². The Morgan fingerprint density at radius 1 is 1.33 bits per heavy atom. The zero-order valence-electron chi connectivity index (χ0n) is 16.2. The summed E-state index contributed by atoms with van der Waals surface area (Å²) in [5.41, 5.74) is 2.15. The minimum absolute atomic E-state index is 0.0412. The summed E-state index contributed by atoms with van der Waals surface area (Å²) in [4.78, 5) is 14.4. The van der Waals surface area contributed by atoms with Crippen LogP contribution in [0.5, 0.6) is 11.5 Å². The van der Waals surface area contributed by atoms with Gasteiger partial charge >= 0.3 is 0 Å². The molecule has 146 valence electrons. The first-order chi connectivity index (χ1) is 13.1. The van der Waals surface area contributed by atoms with Gasteiger partial charge in [0.25, 0.3) is 5.91 Å². The van der Waals surface area contributed by atoms with Crippen molar-refractivity contribution in [3.05, 3.63) is 45.1 Å². The zero-order chi connectivity index (χ0) is 19.2. The number of thiophene rings is 1. The molecule has 0 saturated carbocycles. The van der Waals surface area contributed by atoms with Gasteiger partial charge in [-0.25, -0.2) is 0 Å². The van der Waals surface area contributed by atoms with Gasteiger partial charge in [0, 0.05) is 18.0 Å². The number of hydrogen-bond donors (Lipinski definition) is 1. The molecule has 1 aliphatic rings. The van der Waals surface area contributed by atoms with E-state index in [0.717, 1.165) is 36.3 Å². The average Bonchev–Trinajstić information content (AvgIpc) is 3.34. The van der Waals surface area contributed by atoms with E-state index in [9.17, 15) is 4.79 Å². The zero-order valence-corrected chi connectivity index (χ0v) is 17.0. The maximum absolute atomic E-state index is 12.4. The summed E-state index contributed by atoms with van der Waals surface area (Å²) in [5, 5.41) is 2.98. The Morgan fingerprint density at radius 2 is 2.19 bits per heavy atom. The lowest BCUT2D eigenvalue weighted by Crippen LogP contribution is -2.21. The van der Waals surface area contributed by atoms with Crippen LogP contribution in [-0.4, -0.2) is 32.3 Å². The van der Waals surface area contributed by atoms with Crippen molar-refractivity contribution in [2.45, 2.75) is 45.8 Å². The molecule has 27 heavy (non-hydrogen) atoms. The molecule has 2 heterocycles. The van der Waals surface area contributed by atoms with E-state index in [-0.39, 0.29) is 12.0 Å². The summed E-state index contributed by atoms with van der Waals surface area (Å²) in [6.45, 7) is 5.94. The molecule has 1 N–H and O–H groups in total. The average molecular weight is 390 g/mol. The Bertz CT molecular complexity index is 780. The number of carbonyl (C=O) groups excluding carboxylic acids is 1. The predicted octanol–water partition coefficient (Wildman–Crippen LogP) is 4.12. The molecule has 1 aliphatic heterocycles. The third kappa shape index (κ3) is 5.02. The lowest BCUT2D eigenvalue weighted by Gasteiger charge is -2.15. The van der Waals surface area contributed by atoms with Crippen LogP contribution >= 0.6 is 11.3 Å². The molecule has 2 aromatic rings. The maximum Gasteiger partial charge on any atom is 0.261 e. The Balaban J connectivity index is 1.58. The molecule has 0 radical (unpaired) electrons. The van der Waals surface area contributed by atoms with E-state index in [2.05, 4.69) is 12.2 Å². The Kier molecular flexibility index (Phi) is 6.74. The molecular formula is C21H27NO4S. The van der Waals surface area contributed by atoms with Crippen LogP contribution in [0, 0.1) is 6.92 Å². The van der Waals surface area contributed by atoms with E-state index in [1.54, 1.807) is 18.4 Å². The number of benzene rings is 1. The number of hydrogen-bond acceptors (Lipinski definition) is 5. The first-order valence-electron chi connectivity index (χ1n) is 9.39. The van der Waals surface area contributed by atoms with Crippen LogP contribution in [0.25, 0.3) is 0 Å². The third-order valence-corrected chi connectivity index (χ3v) is 6.08. The number of carbonyl (C=O) groups is 1. The van der Waals surface area contributed by atoms with Crippen LogP contribution in [0.2, 0.25) is 0 Å². The van der Waals surface area contributed by atoms with Gasteiger partial charge in [0.05, 0.1) is 18.1 Å². The Hall–Kier alpha value is -2.05. The van der Waals surface area contributed by atoms with Crippen LogP contribution in [0.3, 0.4) is 0 Å². The number of aryl methyl sites for hydroxylation is 2. The van der Waals surface area contributed by atoms with Crippen LogP contribution in [0.4, 0.5) is 0 Å². The summed E-state index contributed by atoms with van der Waals surface area (Å²) in [6.07, 6.45) is 3.24. The van der Waals surface area contributed by atoms with Crippen molar-refractivity contribution < 1.29 is 19.0 Å². The SMILES string of the molecule is CCc1sc(C(=O)NCc2ccc(OC[C@H]3CCCO3)c(OC)c2)cc1C. The molecule has 0 bridgehead atoms. The highest BCUT2D eigenvalue weighted by atomic mass is 32.1. The lowest BCUT2D eigenvalue weighted by atomic mass is 10.2. The van der Waals surface area contributed by atoms with E-state index >= 15 is 0 Å². The van der Waals surface area contributed by atoms with Crippen molar-refractivity contribution in [3.8, 4) is 11.5 Å². The topological polar surface area (TPSA) is 56.8 Å². The molecule has 0 spiro atoms. The summed E-state index contributed by atoms with van der Waals surface area (Å²) in [6, 6.07) is 7.70. The molecule has 6 heteroatoms. The molecule has 0 unspecified atom stereocenters. The Morgan fingerprint density at radius 3 is 2.85 bits per heavy atom. The minimum Gasteiger partial charge on any atom is -0.493 e. The molecular weight excluding hydrogens is 362 g/mol. The van der Waals surface area contributed by atoms with Crippen LogP contribution in [-0.2, 0) is 17.7 Å². The molecule has 1 aromatic carbocycles. The lowest BCUT2D eigenvalue weighted by molar-refractivity contribution is 0.0669. The fraction of sp³-hybridized carbons (Fsp3) is 0.476. The van der Waals surface area contributed by atoms with E-state index in [1.165, 1.54) is 10.4 Å². The molecule has 1 aromatic heterocycles. The Labute approximate surface area is 164 Å². The molecule has 0 aliphatic carbocycles. The van der Waals surface area contributed by atoms with Crippen molar-refractivity contribution in [2.75, 3.05) is 20.3 Å². The first kappa shape index (κ1) is 19.7. The predicted molar refractivity (Wildman–Crippen MR) is 107 cm³/mol. The van der Waals surface area contributed by atoms with Gasteiger partial charge in [-0.05, 0) is 55.5 Å². The van der Waals surface area contributed by atoms with Gasteiger partial charge in [0.1, 0.15) is 6.61 Å². The smallest absolute Gasteiger partial charge is 0.261 e. The number of amides is 1. The fourth-order valence-corrected chi connectivity index (χ4v) is 4.18. The van der Waals surface area contributed by atoms with Gasteiger partial charge in [0.15, 0.2) is 11.5 Å². The third-order valence-electron chi connectivity index (χ3n) is 4.70. The van der Waals surface area contributed by atoms with Gasteiger partial charge in [-0.2, -0.15) is 0 Å². The van der Waals surface area contributed by atoms with E-state index < -0.39 is 0 Å². The first-order valence-corrected chi connectivity index (χ1v) is 10.2. The van der Waals surface area contributed by atoms with Crippen LogP contribution < -0.4 is 14.8 Å². The number of ether oxygens (including phenoxy) is 3. The summed E-state index contributed by atoms with van der Waals surface area (Å²) < 4.78 is 16.9. The minimum atomic E-state index is -0.0412. The highest BCUT2D eigenvalue weighted by molar-refractivity contribution is 7.14. The van der Waals surface area contributed by atoms with Gasteiger partial charge in [0.2, 0.25) is 0 Å². The van der Waals surface area contributed by atoms with E-state index in [1.807, 2.05) is 31.2 Å². The normalized spacial score (nSPS) is 16.3. The molecule has 5 nitrogen and oxygen atoms in total. The van der Waals surface area contributed by atoms with Crippen molar-refractivity contribution in [1.29, 1.82) is 0 Å². The largest absolute Gasteiger partial charge is 0.493 e. The summed E-state index contributed by atoms with van der Waals surface area (Å²) >= 11 is 1.56.